The SMILES string of the molecule is Cc1ccccc1CSc1nc(N)ncc1[N+](=O)[O-]. The zero-order chi connectivity index (χ0) is 13.8. The fraction of sp³-hybridized carbons (Fsp3) is 0.167. The van der Waals surface area contributed by atoms with Gasteiger partial charge in [0.2, 0.25) is 5.95 Å². The molecule has 0 unspecified atom stereocenters. The summed E-state index contributed by atoms with van der Waals surface area (Å²) in [5.74, 6) is 0.641. The molecule has 1 aromatic heterocycles. The molecule has 0 amide bonds. The van der Waals surface area contributed by atoms with Gasteiger partial charge >= 0.3 is 5.69 Å². The van der Waals surface area contributed by atoms with Crippen LogP contribution in [0, 0.1) is 17.0 Å². The Morgan fingerprint density at radius 3 is 2.84 bits per heavy atom. The third kappa shape index (κ3) is 3.19. The number of anilines is 1. The van der Waals surface area contributed by atoms with Gasteiger partial charge in [0.15, 0.2) is 5.03 Å². The number of aryl methyl sites for hydroxylation is 1. The Balaban J connectivity index is 2.22. The van der Waals surface area contributed by atoms with Crippen molar-refractivity contribution in [2.75, 3.05) is 5.73 Å². The second-order valence-corrected chi connectivity index (χ2v) is 4.85. The van der Waals surface area contributed by atoms with Crippen LogP contribution in [-0.2, 0) is 5.75 Å². The number of hydrogen-bond donors (Lipinski definition) is 1. The predicted octanol–water partition coefficient (Wildman–Crippen LogP) is 2.57. The first-order valence-corrected chi connectivity index (χ1v) is 6.50. The van der Waals surface area contributed by atoms with Gasteiger partial charge in [-0.25, -0.2) is 4.98 Å². The van der Waals surface area contributed by atoms with Crippen molar-refractivity contribution in [1.29, 1.82) is 0 Å². The Labute approximate surface area is 114 Å². The number of thioether (sulfide) groups is 1. The van der Waals surface area contributed by atoms with Gasteiger partial charge in [0.25, 0.3) is 0 Å². The summed E-state index contributed by atoms with van der Waals surface area (Å²) in [6.45, 7) is 2.00. The van der Waals surface area contributed by atoms with Crippen molar-refractivity contribution in [1.82, 2.24) is 9.97 Å². The summed E-state index contributed by atoms with van der Waals surface area (Å²) in [4.78, 5) is 18.0. The lowest BCUT2D eigenvalue weighted by molar-refractivity contribution is -0.388. The lowest BCUT2D eigenvalue weighted by Gasteiger charge is -2.05. The Bertz CT molecular complexity index is 618. The maximum atomic E-state index is 10.9. The monoisotopic (exact) mass is 276 g/mol. The smallest absolute Gasteiger partial charge is 0.319 e. The van der Waals surface area contributed by atoms with Crippen LogP contribution in [0.25, 0.3) is 0 Å². The van der Waals surface area contributed by atoms with Crippen LogP contribution in [-0.4, -0.2) is 14.9 Å². The number of hydrogen-bond acceptors (Lipinski definition) is 6. The zero-order valence-corrected chi connectivity index (χ0v) is 11.1. The molecule has 0 atom stereocenters. The number of aromatic nitrogens is 2. The molecule has 2 N–H and O–H groups in total. The van der Waals surface area contributed by atoms with Crippen LogP contribution in [0.15, 0.2) is 35.5 Å². The van der Waals surface area contributed by atoms with Gasteiger partial charge in [0.05, 0.1) is 4.92 Å². The summed E-state index contributed by atoms with van der Waals surface area (Å²) in [6.07, 6.45) is 1.14. The normalized spacial score (nSPS) is 10.4. The fourth-order valence-electron chi connectivity index (χ4n) is 1.52. The quantitative estimate of drug-likeness (QED) is 0.399. The number of benzene rings is 1. The van der Waals surface area contributed by atoms with Gasteiger partial charge in [0.1, 0.15) is 6.20 Å². The third-order valence-corrected chi connectivity index (χ3v) is 3.61. The molecule has 0 bridgehead atoms. The molecule has 0 saturated heterocycles. The zero-order valence-electron chi connectivity index (χ0n) is 10.2. The lowest BCUT2D eigenvalue weighted by Crippen LogP contribution is -2.00. The average Bonchev–Trinajstić information content (AvgIpc) is 2.37. The minimum absolute atomic E-state index is 0.0397. The highest BCUT2D eigenvalue weighted by molar-refractivity contribution is 7.98. The highest BCUT2D eigenvalue weighted by atomic mass is 32.2. The lowest BCUT2D eigenvalue weighted by atomic mass is 10.1. The van der Waals surface area contributed by atoms with Crippen molar-refractivity contribution in [3.8, 4) is 0 Å². The van der Waals surface area contributed by atoms with Crippen LogP contribution >= 0.6 is 11.8 Å². The number of nitrogens with two attached hydrogens (primary N) is 1. The highest BCUT2D eigenvalue weighted by Gasteiger charge is 2.17. The first-order chi connectivity index (χ1) is 9.08. The Kier molecular flexibility index (Phi) is 3.96. The summed E-state index contributed by atoms with van der Waals surface area (Å²) in [6, 6.07) is 7.87. The molecule has 19 heavy (non-hydrogen) atoms. The molecule has 0 aliphatic rings. The van der Waals surface area contributed by atoms with E-state index >= 15 is 0 Å². The predicted molar refractivity (Wildman–Crippen MR) is 73.8 cm³/mol. The van der Waals surface area contributed by atoms with E-state index in [9.17, 15) is 10.1 Å². The summed E-state index contributed by atoms with van der Waals surface area (Å²) in [7, 11) is 0. The van der Waals surface area contributed by atoms with E-state index in [1.165, 1.54) is 11.8 Å². The van der Waals surface area contributed by atoms with Crippen molar-refractivity contribution in [2.45, 2.75) is 17.7 Å². The van der Waals surface area contributed by atoms with Crippen molar-refractivity contribution in [3.05, 3.63) is 51.7 Å². The van der Waals surface area contributed by atoms with Crippen LogP contribution in [0.5, 0.6) is 0 Å². The first kappa shape index (κ1) is 13.3. The average molecular weight is 276 g/mol. The standard InChI is InChI=1S/C12H12N4O2S/c1-8-4-2-3-5-9(8)7-19-11-10(16(17)18)6-14-12(13)15-11/h2-6H,7H2,1H3,(H2,13,14,15). The molecule has 0 aliphatic carbocycles. The molecular weight excluding hydrogens is 264 g/mol. The van der Waals surface area contributed by atoms with Gasteiger partial charge in [-0.1, -0.05) is 36.0 Å². The molecule has 0 fully saturated rings. The minimum atomic E-state index is -0.500. The molecule has 2 aromatic rings. The van der Waals surface area contributed by atoms with Gasteiger partial charge in [-0.05, 0) is 18.1 Å². The van der Waals surface area contributed by atoms with Crippen molar-refractivity contribution in [3.63, 3.8) is 0 Å². The summed E-state index contributed by atoms with van der Waals surface area (Å²) >= 11 is 1.28. The van der Waals surface area contributed by atoms with Crippen molar-refractivity contribution >= 4 is 23.4 Å². The van der Waals surface area contributed by atoms with E-state index in [4.69, 9.17) is 5.73 Å². The fourth-order valence-corrected chi connectivity index (χ4v) is 2.57. The Hall–Kier alpha value is -2.15. The highest BCUT2D eigenvalue weighted by Crippen LogP contribution is 2.30. The van der Waals surface area contributed by atoms with Crippen molar-refractivity contribution < 1.29 is 4.92 Å². The van der Waals surface area contributed by atoms with Gasteiger partial charge in [-0.15, -0.1) is 0 Å². The molecule has 6 nitrogen and oxygen atoms in total. The van der Waals surface area contributed by atoms with E-state index in [0.29, 0.717) is 10.8 Å². The van der Waals surface area contributed by atoms with Crippen LogP contribution in [0.4, 0.5) is 11.6 Å². The topological polar surface area (TPSA) is 94.9 Å². The number of nitrogen functional groups attached to an aromatic ring is 1. The largest absolute Gasteiger partial charge is 0.368 e. The second-order valence-electron chi connectivity index (χ2n) is 3.89. The van der Waals surface area contributed by atoms with Gasteiger partial charge in [-0.2, -0.15) is 4.98 Å². The molecule has 7 heteroatoms. The molecule has 0 radical (unpaired) electrons. The molecule has 0 spiro atoms. The van der Waals surface area contributed by atoms with Gasteiger partial charge in [0, 0.05) is 5.75 Å². The minimum Gasteiger partial charge on any atom is -0.368 e. The molecule has 0 saturated carbocycles. The van der Waals surface area contributed by atoms with E-state index in [-0.39, 0.29) is 11.6 Å². The third-order valence-electron chi connectivity index (χ3n) is 2.58. The molecule has 0 aliphatic heterocycles. The maximum Gasteiger partial charge on any atom is 0.319 e. The Morgan fingerprint density at radius 1 is 1.42 bits per heavy atom. The summed E-state index contributed by atoms with van der Waals surface area (Å²) in [5.41, 5.74) is 7.60. The van der Waals surface area contributed by atoms with Gasteiger partial charge in [-0.3, -0.25) is 10.1 Å². The number of nitro groups is 1. The summed E-state index contributed by atoms with van der Waals surface area (Å²) < 4.78 is 0. The maximum absolute atomic E-state index is 10.9. The Morgan fingerprint density at radius 2 is 2.16 bits per heavy atom. The van der Waals surface area contributed by atoms with Gasteiger partial charge < -0.3 is 5.73 Å². The second kappa shape index (κ2) is 5.66. The van der Waals surface area contributed by atoms with E-state index < -0.39 is 4.92 Å². The van der Waals surface area contributed by atoms with Crippen LogP contribution in [0.2, 0.25) is 0 Å². The van der Waals surface area contributed by atoms with Crippen molar-refractivity contribution in [2.24, 2.45) is 0 Å². The first-order valence-electron chi connectivity index (χ1n) is 5.52. The van der Waals surface area contributed by atoms with E-state index in [0.717, 1.165) is 17.3 Å². The van der Waals surface area contributed by atoms with E-state index in [1.807, 2.05) is 31.2 Å². The van der Waals surface area contributed by atoms with Crippen LogP contribution in [0.3, 0.4) is 0 Å². The van der Waals surface area contributed by atoms with Crippen LogP contribution in [0.1, 0.15) is 11.1 Å². The molecular formula is C12H12N4O2S. The molecule has 1 aromatic carbocycles. The molecule has 2 rings (SSSR count). The van der Waals surface area contributed by atoms with E-state index in [1.54, 1.807) is 0 Å². The molecule has 1 heterocycles. The van der Waals surface area contributed by atoms with Crippen LogP contribution < -0.4 is 5.73 Å². The van der Waals surface area contributed by atoms with E-state index in [2.05, 4.69) is 9.97 Å². The number of rotatable bonds is 4. The number of nitrogens with zero attached hydrogens (tertiary/aromatic N) is 3. The summed E-state index contributed by atoms with van der Waals surface area (Å²) in [5, 5.41) is 11.2. The molecule has 98 valence electrons.